The van der Waals surface area contributed by atoms with Crippen molar-refractivity contribution in [2.24, 2.45) is 0 Å². The number of aromatic hydroxyl groups is 2. The van der Waals surface area contributed by atoms with Crippen molar-refractivity contribution in [2.45, 2.75) is 19.3 Å². The summed E-state index contributed by atoms with van der Waals surface area (Å²) in [5.41, 5.74) is 6.23. The molecule has 152 valence electrons. The second kappa shape index (κ2) is 8.08. The maximum absolute atomic E-state index is 10.9. The zero-order chi connectivity index (χ0) is 21.2. The summed E-state index contributed by atoms with van der Waals surface area (Å²) in [6.45, 7) is 1.01. The van der Waals surface area contributed by atoms with Crippen molar-refractivity contribution >= 4 is 16.5 Å². The number of fused-ring (bicyclic) bond motifs is 2. The number of hydrogen-bond donors (Lipinski definition) is 3. The Kier molecular flexibility index (Phi) is 4.98. The minimum absolute atomic E-state index is 0.110. The van der Waals surface area contributed by atoms with Crippen LogP contribution in [0.4, 0.5) is 5.69 Å². The van der Waals surface area contributed by atoms with Gasteiger partial charge in [0, 0.05) is 41.6 Å². The van der Waals surface area contributed by atoms with Crippen molar-refractivity contribution in [3.63, 3.8) is 0 Å². The van der Waals surface area contributed by atoms with Crippen molar-refractivity contribution < 1.29 is 10.2 Å². The Bertz CT molecular complexity index is 1330. The molecule has 0 fully saturated rings. The topological polar surface area (TPSA) is 52.5 Å². The second-order valence-corrected chi connectivity index (χ2v) is 7.97. The molecule has 3 heteroatoms. The molecule has 4 aromatic carbocycles. The third-order valence-electron chi connectivity index (χ3n) is 5.82. The first-order valence-electron chi connectivity index (χ1n) is 10.5. The molecule has 5 rings (SSSR count). The molecule has 1 aliphatic rings. The summed E-state index contributed by atoms with van der Waals surface area (Å²) in [6, 6.07) is 23.8. The Morgan fingerprint density at radius 1 is 0.871 bits per heavy atom. The van der Waals surface area contributed by atoms with E-state index in [4.69, 9.17) is 0 Å². The Morgan fingerprint density at radius 3 is 2.61 bits per heavy atom. The van der Waals surface area contributed by atoms with E-state index in [2.05, 4.69) is 35.4 Å². The fourth-order valence-corrected chi connectivity index (χ4v) is 4.17. The summed E-state index contributed by atoms with van der Waals surface area (Å²) in [4.78, 5) is 0. The quantitative estimate of drug-likeness (QED) is 0.400. The SMILES string of the molecule is Oc1cc2ccc(C#CCc3ccc4c(c3)CCN4)cc2c(O)c1Cc1ccccc1. The normalized spacial score (nSPS) is 12.1. The van der Waals surface area contributed by atoms with E-state index in [9.17, 15) is 10.2 Å². The summed E-state index contributed by atoms with van der Waals surface area (Å²) in [7, 11) is 0. The predicted octanol–water partition coefficient (Wildman–Crippen LogP) is 5.40. The summed E-state index contributed by atoms with van der Waals surface area (Å²) >= 11 is 0. The van der Waals surface area contributed by atoms with Crippen LogP contribution >= 0.6 is 0 Å². The molecular formula is C28H23NO2. The molecule has 0 aromatic heterocycles. The zero-order valence-corrected chi connectivity index (χ0v) is 17.2. The van der Waals surface area contributed by atoms with E-state index in [1.54, 1.807) is 6.07 Å². The number of hydrogen-bond acceptors (Lipinski definition) is 3. The molecule has 1 heterocycles. The molecule has 0 atom stereocenters. The van der Waals surface area contributed by atoms with Crippen molar-refractivity contribution in [1.82, 2.24) is 0 Å². The monoisotopic (exact) mass is 405 g/mol. The van der Waals surface area contributed by atoms with E-state index >= 15 is 0 Å². The molecule has 0 radical (unpaired) electrons. The summed E-state index contributed by atoms with van der Waals surface area (Å²) in [5.74, 6) is 6.71. The van der Waals surface area contributed by atoms with Crippen molar-refractivity contribution in [2.75, 3.05) is 11.9 Å². The summed E-state index contributed by atoms with van der Waals surface area (Å²) < 4.78 is 0. The van der Waals surface area contributed by atoms with Crippen molar-refractivity contribution in [3.8, 4) is 23.3 Å². The van der Waals surface area contributed by atoms with Crippen molar-refractivity contribution in [3.05, 3.63) is 101 Å². The summed E-state index contributed by atoms with van der Waals surface area (Å²) in [6.07, 6.45) is 2.22. The van der Waals surface area contributed by atoms with E-state index in [1.807, 2.05) is 48.5 Å². The first-order valence-corrected chi connectivity index (χ1v) is 10.5. The Morgan fingerprint density at radius 2 is 1.74 bits per heavy atom. The zero-order valence-electron chi connectivity index (χ0n) is 17.2. The van der Waals surface area contributed by atoms with Gasteiger partial charge in [0.05, 0.1) is 0 Å². The van der Waals surface area contributed by atoms with E-state index < -0.39 is 0 Å². The van der Waals surface area contributed by atoms with Gasteiger partial charge in [0.25, 0.3) is 0 Å². The number of nitrogens with one attached hydrogen (secondary N) is 1. The number of benzene rings is 4. The molecule has 0 saturated heterocycles. The lowest BCUT2D eigenvalue weighted by Crippen LogP contribution is -1.91. The molecule has 4 aromatic rings. The van der Waals surface area contributed by atoms with Crippen LogP contribution in [-0.4, -0.2) is 16.8 Å². The van der Waals surface area contributed by atoms with Crippen molar-refractivity contribution in [1.29, 1.82) is 0 Å². The summed E-state index contributed by atoms with van der Waals surface area (Å²) in [5, 5.41) is 26.2. The van der Waals surface area contributed by atoms with Crippen LogP contribution in [0.25, 0.3) is 10.8 Å². The molecular weight excluding hydrogens is 382 g/mol. The van der Waals surface area contributed by atoms with Gasteiger partial charge in [-0.1, -0.05) is 60.4 Å². The van der Waals surface area contributed by atoms with E-state index in [0.717, 1.165) is 29.5 Å². The van der Waals surface area contributed by atoms with Gasteiger partial charge < -0.3 is 15.5 Å². The maximum Gasteiger partial charge on any atom is 0.130 e. The van der Waals surface area contributed by atoms with Gasteiger partial charge >= 0.3 is 0 Å². The molecule has 1 aliphatic heterocycles. The number of phenols is 2. The van der Waals surface area contributed by atoms with E-state index in [1.165, 1.54) is 16.8 Å². The van der Waals surface area contributed by atoms with Gasteiger partial charge in [-0.15, -0.1) is 0 Å². The third-order valence-corrected chi connectivity index (χ3v) is 5.82. The van der Waals surface area contributed by atoms with Crippen LogP contribution in [0.5, 0.6) is 11.5 Å². The van der Waals surface area contributed by atoms with Gasteiger partial charge in [0.1, 0.15) is 11.5 Å². The van der Waals surface area contributed by atoms with Crippen LogP contribution in [-0.2, 0) is 19.3 Å². The lowest BCUT2D eigenvalue weighted by molar-refractivity contribution is 0.445. The number of phenolic OH excluding ortho intramolecular Hbond substituents is 2. The number of anilines is 1. The largest absolute Gasteiger partial charge is 0.507 e. The fourth-order valence-electron chi connectivity index (χ4n) is 4.17. The Balaban J connectivity index is 1.42. The maximum atomic E-state index is 10.9. The highest BCUT2D eigenvalue weighted by Crippen LogP contribution is 2.37. The van der Waals surface area contributed by atoms with Gasteiger partial charge in [-0.25, -0.2) is 0 Å². The Labute approximate surface area is 182 Å². The minimum atomic E-state index is 0.110. The van der Waals surface area contributed by atoms with Gasteiger partial charge in [-0.2, -0.15) is 0 Å². The molecule has 3 N–H and O–H groups in total. The molecule has 0 unspecified atom stereocenters. The van der Waals surface area contributed by atoms with Gasteiger partial charge in [0.2, 0.25) is 0 Å². The van der Waals surface area contributed by atoms with Crippen LogP contribution in [0.1, 0.15) is 27.8 Å². The highest BCUT2D eigenvalue weighted by molar-refractivity contribution is 5.92. The average molecular weight is 405 g/mol. The van der Waals surface area contributed by atoms with Crippen LogP contribution in [0, 0.1) is 11.8 Å². The number of rotatable bonds is 3. The van der Waals surface area contributed by atoms with E-state index in [-0.39, 0.29) is 11.5 Å². The van der Waals surface area contributed by atoms with Crippen LogP contribution in [0.3, 0.4) is 0 Å². The van der Waals surface area contributed by atoms with Crippen LogP contribution < -0.4 is 5.32 Å². The predicted molar refractivity (Wildman–Crippen MR) is 126 cm³/mol. The average Bonchev–Trinajstić information content (AvgIpc) is 3.26. The molecule has 0 saturated carbocycles. The molecule has 0 spiro atoms. The smallest absolute Gasteiger partial charge is 0.130 e. The minimum Gasteiger partial charge on any atom is -0.507 e. The first-order chi connectivity index (χ1) is 15.2. The van der Waals surface area contributed by atoms with Gasteiger partial charge in [0.15, 0.2) is 0 Å². The molecule has 0 bridgehead atoms. The Hall–Kier alpha value is -3.90. The van der Waals surface area contributed by atoms with Gasteiger partial charge in [-0.05, 0) is 52.8 Å². The van der Waals surface area contributed by atoms with Crippen LogP contribution in [0.2, 0.25) is 0 Å². The fraction of sp³-hybridized carbons (Fsp3) is 0.143. The molecule has 0 aliphatic carbocycles. The molecule has 0 amide bonds. The lowest BCUT2D eigenvalue weighted by Gasteiger charge is -2.11. The highest BCUT2D eigenvalue weighted by Gasteiger charge is 2.13. The standard InChI is InChI=1S/C28H23NO2/c30-27-18-22-11-9-21(8-4-7-20-10-12-26-23(15-20)13-14-29-26)16-24(22)28(31)25(27)17-19-5-2-1-3-6-19/h1-3,5-6,9-12,15-16,18,29-31H,7,13-14,17H2. The highest BCUT2D eigenvalue weighted by atomic mass is 16.3. The third kappa shape index (κ3) is 3.93. The van der Waals surface area contributed by atoms with E-state index in [0.29, 0.717) is 23.8 Å². The lowest BCUT2D eigenvalue weighted by atomic mass is 9.97. The van der Waals surface area contributed by atoms with Crippen LogP contribution in [0.15, 0.2) is 72.8 Å². The van der Waals surface area contributed by atoms with Gasteiger partial charge in [-0.3, -0.25) is 0 Å². The first kappa shape index (κ1) is 19.1. The molecule has 31 heavy (non-hydrogen) atoms. The molecule has 3 nitrogen and oxygen atoms in total. The second-order valence-electron chi connectivity index (χ2n) is 7.97.